The van der Waals surface area contributed by atoms with Gasteiger partial charge in [0.1, 0.15) is 23.1 Å². The van der Waals surface area contributed by atoms with Gasteiger partial charge in [0.25, 0.3) is 5.91 Å². The third-order valence-electron chi connectivity index (χ3n) is 2.92. The summed E-state index contributed by atoms with van der Waals surface area (Å²) in [6.07, 6.45) is 0. The van der Waals surface area contributed by atoms with E-state index in [1.165, 1.54) is 7.11 Å². The number of carbonyl (C=O) groups excluding carboxylic acids is 1. The van der Waals surface area contributed by atoms with E-state index in [0.29, 0.717) is 28.1 Å². The first kappa shape index (κ1) is 17.0. The summed E-state index contributed by atoms with van der Waals surface area (Å²) in [5.74, 6) is 1.36. The number of hydrogen-bond acceptors (Lipinski definition) is 5. The van der Waals surface area contributed by atoms with E-state index in [-0.39, 0.29) is 17.6 Å². The number of aryl methyl sites for hydroxylation is 1. The molecule has 0 fully saturated rings. The highest BCUT2D eigenvalue weighted by Gasteiger charge is 2.12. The van der Waals surface area contributed by atoms with E-state index < -0.39 is 0 Å². The maximum absolute atomic E-state index is 12.4. The molecule has 7 heteroatoms. The van der Waals surface area contributed by atoms with Crippen molar-refractivity contribution in [1.82, 2.24) is 9.97 Å². The Morgan fingerprint density at radius 3 is 2.61 bits per heavy atom. The number of amides is 1. The molecule has 0 saturated heterocycles. The SMILES string of the molecule is COc1ccc(NC(=O)c2cc(NC(C)C)nc(C)n2)cc1Cl. The van der Waals surface area contributed by atoms with Gasteiger partial charge >= 0.3 is 0 Å². The molecule has 0 unspecified atom stereocenters. The fourth-order valence-corrected chi connectivity index (χ4v) is 2.25. The fraction of sp³-hybridized carbons (Fsp3) is 0.312. The number of aromatic nitrogens is 2. The van der Waals surface area contributed by atoms with Crippen LogP contribution in [0.3, 0.4) is 0 Å². The molecule has 1 amide bonds. The van der Waals surface area contributed by atoms with Crippen molar-refractivity contribution in [2.45, 2.75) is 26.8 Å². The highest BCUT2D eigenvalue weighted by Crippen LogP contribution is 2.27. The van der Waals surface area contributed by atoms with Crippen LogP contribution >= 0.6 is 11.6 Å². The number of carbonyl (C=O) groups is 1. The van der Waals surface area contributed by atoms with E-state index in [9.17, 15) is 4.79 Å². The lowest BCUT2D eigenvalue weighted by molar-refractivity contribution is 0.102. The average Bonchev–Trinajstić information content (AvgIpc) is 2.46. The summed E-state index contributed by atoms with van der Waals surface area (Å²) < 4.78 is 5.08. The van der Waals surface area contributed by atoms with Gasteiger partial charge in [0.2, 0.25) is 0 Å². The number of nitrogens with zero attached hydrogens (tertiary/aromatic N) is 2. The summed E-state index contributed by atoms with van der Waals surface area (Å²) >= 11 is 6.05. The van der Waals surface area contributed by atoms with Crippen LogP contribution in [0.15, 0.2) is 24.3 Å². The monoisotopic (exact) mass is 334 g/mol. The second kappa shape index (κ2) is 7.28. The maximum Gasteiger partial charge on any atom is 0.274 e. The molecule has 2 N–H and O–H groups in total. The number of nitrogens with one attached hydrogen (secondary N) is 2. The average molecular weight is 335 g/mol. The molecule has 2 rings (SSSR count). The Hall–Kier alpha value is -2.34. The summed E-state index contributed by atoms with van der Waals surface area (Å²) in [5, 5.41) is 6.34. The molecule has 0 aliphatic rings. The molecule has 2 aromatic rings. The van der Waals surface area contributed by atoms with Gasteiger partial charge < -0.3 is 15.4 Å². The van der Waals surface area contributed by atoms with Crippen LogP contribution in [0.4, 0.5) is 11.5 Å². The zero-order valence-electron chi connectivity index (χ0n) is 13.5. The zero-order chi connectivity index (χ0) is 17.0. The van der Waals surface area contributed by atoms with Crippen LogP contribution in [-0.4, -0.2) is 29.0 Å². The third-order valence-corrected chi connectivity index (χ3v) is 3.21. The predicted octanol–water partition coefficient (Wildman–Crippen LogP) is 3.52. The quantitative estimate of drug-likeness (QED) is 0.875. The van der Waals surface area contributed by atoms with E-state index in [1.807, 2.05) is 13.8 Å². The Kier molecular flexibility index (Phi) is 5.39. The maximum atomic E-state index is 12.4. The molecule has 0 saturated carbocycles. The molecule has 1 aromatic carbocycles. The van der Waals surface area contributed by atoms with Gasteiger partial charge in [-0.1, -0.05) is 11.6 Å². The first-order valence-electron chi connectivity index (χ1n) is 7.16. The van der Waals surface area contributed by atoms with Crippen molar-refractivity contribution in [3.05, 3.63) is 40.8 Å². The number of benzene rings is 1. The second-order valence-corrected chi connectivity index (χ2v) is 5.70. The van der Waals surface area contributed by atoms with Crippen molar-refractivity contribution in [2.75, 3.05) is 17.7 Å². The van der Waals surface area contributed by atoms with Gasteiger partial charge in [-0.05, 0) is 39.0 Å². The van der Waals surface area contributed by atoms with Crippen LogP contribution in [0.2, 0.25) is 5.02 Å². The fourth-order valence-electron chi connectivity index (χ4n) is 1.99. The molecule has 6 nitrogen and oxygen atoms in total. The van der Waals surface area contributed by atoms with Gasteiger partial charge in [-0.25, -0.2) is 9.97 Å². The van der Waals surface area contributed by atoms with Crippen molar-refractivity contribution in [1.29, 1.82) is 0 Å². The minimum absolute atomic E-state index is 0.209. The summed E-state index contributed by atoms with van der Waals surface area (Å²) in [7, 11) is 1.53. The van der Waals surface area contributed by atoms with Crippen molar-refractivity contribution in [3.63, 3.8) is 0 Å². The number of ether oxygens (including phenoxy) is 1. The van der Waals surface area contributed by atoms with E-state index in [0.717, 1.165) is 0 Å². The van der Waals surface area contributed by atoms with Crippen LogP contribution in [0, 0.1) is 6.92 Å². The molecule has 1 heterocycles. The van der Waals surface area contributed by atoms with Gasteiger partial charge in [-0.2, -0.15) is 0 Å². The van der Waals surface area contributed by atoms with Gasteiger partial charge in [0.15, 0.2) is 0 Å². The molecular weight excluding hydrogens is 316 g/mol. The summed E-state index contributed by atoms with van der Waals surface area (Å²) in [6, 6.07) is 6.85. The molecule has 1 aromatic heterocycles. The Morgan fingerprint density at radius 2 is 2.00 bits per heavy atom. The lowest BCUT2D eigenvalue weighted by Crippen LogP contribution is -2.17. The zero-order valence-corrected chi connectivity index (χ0v) is 14.2. The topological polar surface area (TPSA) is 76.1 Å². The smallest absolute Gasteiger partial charge is 0.274 e. The van der Waals surface area contributed by atoms with Crippen molar-refractivity contribution in [3.8, 4) is 5.75 Å². The highest BCUT2D eigenvalue weighted by molar-refractivity contribution is 6.32. The van der Waals surface area contributed by atoms with Gasteiger partial charge in [0, 0.05) is 17.8 Å². The molecule has 0 aliphatic carbocycles. The standard InChI is InChI=1S/C16H19ClN4O2/c1-9(2)18-15-8-13(19-10(3)20-15)16(22)21-11-5-6-14(23-4)12(17)7-11/h5-9H,1-4H3,(H,21,22)(H,18,19,20). The normalized spacial score (nSPS) is 10.5. The Morgan fingerprint density at radius 1 is 1.26 bits per heavy atom. The summed E-state index contributed by atoms with van der Waals surface area (Å²) in [5.41, 5.74) is 0.850. The predicted molar refractivity (Wildman–Crippen MR) is 91.5 cm³/mol. The molecule has 0 radical (unpaired) electrons. The van der Waals surface area contributed by atoms with Crippen molar-refractivity contribution in [2.24, 2.45) is 0 Å². The van der Waals surface area contributed by atoms with Gasteiger partial charge in [-0.3, -0.25) is 4.79 Å². The Labute approximate surface area is 140 Å². The Balaban J connectivity index is 2.20. The van der Waals surface area contributed by atoms with E-state index in [1.54, 1.807) is 31.2 Å². The number of hydrogen-bond donors (Lipinski definition) is 2. The summed E-state index contributed by atoms with van der Waals surface area (Å²) in [6.45, 7) is 5.74. The minimum Gasteiger partial charge on any atom is -0.495 e. The van der Waals surface area contributed by atoms with E-state index >= 15 is 0 Å². The molecule has 0 atom stereocenters. The number of rotatable bonds is 5. The molecule has 0 bridgehead atoms. The van der Waals surface area contributed by atoms with Crippen LogP contribution < -0.4 is 15.4 Å². The van der Waals surface area contributed by atoms with E-state index in [2.05, 4.69) is 20.6 Å². The second-order valence-electron chi connectivity index (χ2n) is 5.29. The Bertz CT molecular complexity index is 719. The first-order valence-corrected chi connectivity index (χ1v) is 7.54. The van der Waals surface area contributed by atoms with Crippen molar-refractivity contribution >= 4 is 29.0 Å². The molecule has 23 heavy (non-hydrogen) atoms. The largest absolute Gasteiger partial charge is 0.495 e. The highest BCUT2D eigenvalue weighted by atomic mass is 35.5. The van der Waals surface area contributed by atoms with Crippen LogP contribution in [0.25, 0.3) is 0 Å². The number of halogens is 1. The minimum atomic E-state index is -0.330. The lowest BCUT2D eigenvalue weighted by Gasteiger charge is -2.11. The molecule has 0 spiro atoms. The number of methoxy groups -OCH3 is 1. The van der Waals surface area contributed by atoms with Gasteiger partial charge in [-0.15, -0.1) is 0 Å². The van der Waals surface area contributed by atoms with Crippen LogP contribution in [-0.2, 0) is 0 Å². The lowest BCUT2D eigenvalue weighted by atomic mass is 10.2. The van der Waals surface area contributed by atoms with Crippen molar-refractivity contribution < 1.29 is 9.53 Å². The first-order chi connectivity index (χ1) is 10.9. The van der Waals surface area contributed by atoms with Gasteiger partial charge in [0.05, 0.1) is 12.1 Å². The number of anilines is 2. The molecule has 122 valence electrons. The van der Waals surface area contributed by atoms with Crippen LogP contribution in [0.5, 0.6) is 5.75 Å². The molecular formula is C16H19ClN4O2. The third kappa shape index (κ3) is 4.56. The van der Waals surface area contributed by atoms with Crippen LogP contribution in [0.1, 0.15) is 30.2 Å². The summed E-state index contributed by atoms with van der Waals surface area (Å²) in [4.78, 5) is 20.8. The van der Waals surface area contributed by atoms with E-state index in [4.69, 9.17) is 16.3 Å². The molecule has 0 aliphatic heterocycles.